The maximum Gasteiger partial charge on any atom is 0.162 e. The van der Waals surface area contributed by atoms with Crippen LogP contribution in [0.3, 0.4) is 0 Å². The van der Waals surface area contributed by atoms with Gasteiger partial charge in [-0.15, -0.1) is 0 Å². The summed E-state index contributed by atoms with van der Waals surface area (Å²) in [5.41, 5.74) is 29.3. The molecule has 4 heterocycles. The molecule has 0 spiro atoms. The van der Waals surface area contributed by atoms with E-state index < -0.39 is 0 Å². The fourth-order valence-electron chi connectivity index (χ4n) is 11.9. The molecule has 4 heteroatoms. The number of aromatic nitrogens is 2. The van der Waals surface area contributed by atoms with Gasteiger partial charge >= 0.3 is 0 Å². The second kappa shape index (κ2) is 13.8. The first kappa shape index (κ1) is 38.6. The number of nitrogens with zero attached hydrogens (tertiary/aromatic N) is 2. The Morgan fingerprint density at radius 1 is 0.303 bits per heavy atom. The van der Waals surface area contributed by atoms with E-state index in [1.807, 2.05) is 0 Å². The van der Waals surface area contributed by atoms with Gasteiger partial charge in [-0.1, -0.05) is 109 Å². The maximum absolute atomic E-state index is 7.49. The quantitative estimate of drug-likeness (QED) is 0.165. The van der Waals surface area contributed by atoms with Crippen LogP contribution in [0.25, 0.3) is 121 Å². The molecule has 318 valence electrons. The fourth-order valence-corrected chi connectivity index (χ4v) is 11.9. The Morgan fingerprint density at radius 3 is 0.909 bits per heavy atom. The van der Waals surface area contributed by atoms with Gasteiger partial charge in [0, 0.05) is 10.8 Å². The van der Waals surface area contributed by atoms with Crippen LogP contribution >= 0.6 is 0 Å². The lowest BCUT2D eigenvalue weighted by atomic mass is 9.95. The molecule has 0 unspecified atom stereocenters. The van der Waals surface area contributed by atoms with Crippen molar-refractivity contribution in [3.05, 3.63) is 190 Å². The Bertz CT molecular complexity index is 3900. The first-order valence-electron chi connectivity index (χ1n) is 23.1. The number of hydrogen-bond acceptors (Lipinski definition) is 2. The minimum Gasteiger partial charge on any atom is -0.452 e. The molecule has 0 N–H and O–H groups in total. The monoisotopic (exact) mass is 852 g/mol. The Hall–Kier alpha value is -7.82. The Labute approximate surface area is 382 Å². The smallest absolute Gasteiger partial charge is 0.162 e. The number of hydrogen-bond donors (Lipinski definition) is 0. The van der Waals surface area contributed by atoms with Crippen molar-refractivity contribution in [2.75, 3.05) is 0 Å². The van der Waals surface area contributed by atoms with E-state index >= 15 is 0 Å². The summed E-state index contributed by atoms with van der Waals surface area (Å²) in [6, 6.07) is 53.8. The third-order valence-electron chi connectivity index (χ3n) is 14.7. The summed E-state index contributed by atoms with van der Waals surface area (Å²) >= 11 is 0. The van der Waals surface area contributed by atoms with Crippen LogP contribution in [0.5, 0.6) is 0 Å². The SMILES string of the molecule is Cc1cccc(C)c1-c1ccc2c(c1)oc1c3c4ccc(-c5c(C)cccc5C)cc4n4c5ccc(-c6c(C)cccc6C)cc5oc(c5c6ccc(-c7c(C)cccc7C)cc6n2c15)c34. The van der Waals surface area contributed by atoms with Gasteiger partial charge in [-0.05, 0) is 181 Å². The zero-order valence-corrected chi connectivity index (χ0v) is 38.6. The van der Waals surface area contributed by atoms with Gasteiger partial charge in [0.05, 0.1) is 32.8 Å². The first-order chi connectivity index (χ1) is 32.0. The largest absolute Gasteiger partial charge is 0.452 e. The van der Waals surface area contributed by atoms with Crippen molar-refractivity contribution in [2.24, 2.45) is 0 Å². The zero-order valence-electron chi connectivity index (χ0n) is 38.6. The van der Waals surface area contributed by atoms with Gasteiger partial charge in [-0.3, -0.25) is 0 Å². The van der Waals surface area contributed by atoms with Gasteiger partial charge in [0.2, 0.25) is 0 Å². The molecular weight excluding hydrogens is 805 g/mol. The fraction of sp³-hybridized carbons (Fsp3) is 0.129. The highest BCUT2D eigenvalue weighted by molar-refractivity contribution is 6.35. The van der Waals surface area contributed by atoms with E-state index in [0.29, 0.717) is 0 Å². The summed E-state index contributed by atoms with van der Waals surface area (Å²) < 4.78 is 19.9. The molecule has 0 amide bonds. The first-order valence-corrected chi connectivity index (χ1v) is 23.1. The van der Waals surface area contributed by atoms with Gasteiger partial charge in [-0.2, -0.15) is 0 Å². The van der Waals surface area contributed by atoms with E-state index in [1.54, 1.807) is 0 Å². The van der Waals surface area contributed by atoms with Crippen molar-refractivity contribution in [3.8, 4) is 44.5 Å². The summed E-state index contributed by atoms with van der Waals surface area (Å²) in [5, 5.41) is 4.34. The van der Waals surface area contributed by atoms with Crippen LogP contribution in [-0.4, -0.2) is 8.80 Å². The van der Waals surface area contributed by atoms with E-state index in [9.17, 15) is 0 Å². The lowest BCUT2D eigenvalue weighted by Gasteiger charge is -2.14. The van der Waals surface area contributed by atoms with Gasteiger partial charge in [0.15, 0.2) is 22.3 Å². The normalized spacial score (nSPS) is 12.2. The number of aryl methyl sites for hydroxylation is 8. The van der Waals surface area contributed by atoms with Crippen LogP contribution in [0.4, 0.5) is 0 Å². The minimum atomic E-state index is 0.831. The number of rotatable bonds is 4. The standard InChI is InChI=1S/C62H48N2O2/c1-33-13-9-14-34(2)53(33)41-21-25-45-49(29-41)63-47-27-23-43(55-37(5)17-11-18-38(55)6)31-51(47)65-62-58-46-26-22-42(54-35(3)15-10-16-36(54)4)30-50(46)64-48-28-24-44(56-39(7)19-12-20-40(56)8)32-52(48)66-61(60(58)64)57(45)59(62)63/h9-32H,1-8H3. The molecule has 0 radical (unpaired) electrons. The molecule has 0 bridgehead atoms. The third-order valence-corrected chi connectivity index (χ3v) is 14.7. The van der Waals surface area contributed by atoms with Crippen molar-refractivity contribution < 1.29 is 8.83 Å². The minimum absolute atomic E-state index is 0.831. The average molecular weight is 853 g/mol. The van der Waals surface area contributed by atoms with Crippen molar-refractivity contribution in [3.63, 3.8) is 0 Å². The van der Waals surface area contributed by atoms with E-state index in [0.717, 1.165) is 88.1 Å². The molecule has 0 aliphatic carbocycles. The summed E-state index contributed by atoms with van der Waals surface area (Å²) in [7, 11) is 0. The topological polar surface area (TPSA) is 35.1 Å². The summed E-state index contributed by atoms with van der Waals surface area (Å²) in [6.45, 7) is 17.7. The van der Waals surface area contributed by atoms with Crippen molar-refractivity contribution >= 4 is 77.0 Å². The van der Waals surface area contributed by atoms with Crippen LogP contribution in [-0.2, 0) is 0 Å². The molecule has 0 aliphatic rings. The molecule has 13 aromatic rings. The molecule has 0 atom stereocenters. The highest BCUT2D eigenvalue weighted by Gasteiger charge is 2.29. The third kappa shape index (κ3) is 5.27. The van der Waals surface area contributed by atoms with Crippen LogP contribution in [0.2, 0.25) is 0 Å². The Balaban J connectivity index is 1.25. The molecule has 0 aliphatic heterocycles. The Kier molecular flexibility index (Phi) is 8.10. The lowest BCUT2D eigenvalue weighted by molar-refractivity contribution is 0.653. The molecule has 4 nitrogen and oxygen atoms in total. The Morgan fingerprint density at radius 2 is 0.591 bits per heavy atom. The van der Waals surface area contributed by atoms with Crippen LogP contribution in [0, 0.1) is 55.4 Å². The van der Waals surface area contributed by atoms with Crippen LogP contribution in [0.15, 0.2) is 154 Å². The molecule has 4 aromatic heterocycles. The number of benzene rings is 9. The van der Waals surface area contributed by atoms with Gasteiger partial charge in [-0.25, -0.2) is 0 Å². The van der Waals surface area contributed by atoms with Crippen molar-refractivity contribution in [2.45, 2.75) is 55.4 Å². The summed E-state index contributed by atoms with van der Waals surface area (Å²) in [4.78, 5) is 0. The second-order valence-electron chi connectivity index (χ2n) is 18.9. The lowest BCUT2D eigenvalue weighted by Crippen LogP contribution is -1.95. The molecule has 0 fully saturated rings. The summed E-state index contributed by atoms with van der Waals surface area (Å²) in [5.74, 6) is 0. The molecular formula is C62H48N2O2. The van der Waals surface area contributed by atoms with E-state index in [-0.39, 0.29) is 0 Å². The van der Waals surface area contributed by atoms with Crippen LogP contribution in [0.1, 0.15) is 44.5 Å². The predicted octanol–water partition coefficient (Wildman–Crippen LogP) is 17.4. The molecule has 0 saturated heterocycles. The average Bonchev–Trinajstić information content (AvgIpc) is 3.82. The molecule has 9 aromatic carbocycles. The highest BCUT2D eigenvalue weighted by atomic mass is 16.3. The highest BCUT2D eigenvalue weighted by Crippen LogP contribution is 2.49. The van der Waals surface area contributed by atoms with E-state index in [4.69, 9.17) is 8.83 Å². The van der Waals surface area contributed by atoms with Gasteiger partial charge in [0.25, 0.3) is 0 Å². The van der Waals surface area contributed by atoms with Crippen molar-refractivity contribution in [1.82, 2.24) is 8.80 Å². The molecule has 66 heavy (non-hydrogen) atoms. The number of fused-ring (bicyclic) bond motifs is 12. The van der Waals surface area contributed by atoms with Gasteiger partial charge in [0.1, 0.15) is 11.0 Å². The zero-order chi connectivity index (χ0) is 44.9. The van der Waals surface area contributed by atoms with Crippen LogP contribution < -0.4 is 0 Å². The summed E-state index contributed by atoms with van der Waals surface area (Å²) in [6.07, 6.45) is 0. The van der Waals surface area contributed by atoms with Crippen molar-refractivity contribution in [1.29, 1.82) is 0 Å². The van der Waals surface area contributed by atoms with E-state index in [2.05, 4.69) is 210 Å². The molecule has 13 rings (SSSR count). The van der Waals surface area contributed by atoms with Gasteiger partial charge < -0.3 is 17.6 Å². The second-order valence-corrected chi connectivity index (χ2v) is 18.9. The maximum atomic E-state index is 7.49. The molecule has 0 saturated carbocycles. The predicted molar refractivity (Wildman–Crippen MR) is 278 cm³/mol. The van der Waals surface area contributed by atoms with E-state index in [1.165, 1.54) is 77.9 Å².